The first-order chi connectivity index (χ1) is 16.4. The average molecular weight is 482 g/mol. The fourth-order valence-corrected chi connectivity index (χ4v) is 5.81. The van der Waals surface area contributed by atoms with Crippen LogP contribution in [0.5, 0.6) is 0 Å². The van der Waals surface area contributed by atoms with Gasteiger partial charge in [0, 0.05) is 29.9 Å². The van der Waals surface area contributed by atoms with Crippen molar-refractivity contribution >= 4 is 15.9 Å². The number of hydrogen-bond donors (Lipinski definition) is 1. The first kappa shape index (κ1) is 22.5. The summed E-state index contributed by atoms with van der Waals surface area (Å²) in [5.41, 5.74) is 3.28. The number of sulfonamides is 1. The van der Waals surface area contributed by atoms with Crippen molar-refractivity contribution in [3.63, 3.8) is 0 Å². The van der Waals surface area contributed by atoms with E-state index in [9.17, 15) is 17.6 Å². The lowest BCUT2D eigenvalue weighted by atomic mass is 10.1. The zero-order chi connectivity index (χ0) is 23.7. The van der Waals surface area contributed by atoms with E-state index in [-0.39, 0.29) is 23.9 Å². The molecule has 2 aromatic heterocycles. The molecule has 1 aromatic carbocycles. The summed E-state index contributed by atoms with van der Waals surface area (Å²) in [6, 6.07) is 9.60. The predicted octanol–water partition coefficient (Wildman–Crippen LogP) is 3.02. The van der Waals surface area contributed by atoms with E-state index in [1.807, 2.05) is 12.1 Å². The van der Waals surface area contributed by atoms with Crippen molar-refractivity contribution in [2.24, 2.45) is 0 Å². The SMILES string of the molecule is O=C(NCc1cc(-c2ccc(C3CC3)nc2)ncn1)[C@@H]1CCCN1S(=O)(=O)c1ccc(F)cc1. The van der Waals surface area contributed by atoms with Gasteiger partial charge in [0.2, 0.25) is 15.9 Å². The van der Waals surface area contributed by atoms with Crippen molar-refractivity contribution in [1.29, 1.82) is 0 Å². The first-order valence-corrected chi connectivity index (χ1v) is 12.7. The lowest BCUT2D eigenvalue weighted by Crippen LogP contribution is -2.45. The molecule has 176 valence electrons. The van der Waals surface area contributed by atoms with Crippen LogP contribution in [0.15, 0.2) is 59.9 Å². The Bertz CT molecular complexity index is 1290. The molecule has 1 amide bonds. The van der Waals surface area contributed by atoms with E-state index >= 15 is 0 Å². The number of nitrogens with one attached hydrogen (secondary N) is 1. The molecule has 5 rings (SSSR count). The number of carbonyl (C=O) groups is 1. The molecule has 1 saturated carbocycles. The third-order valence-electron chi connectivity index (χ3n) is 6.17. The van der Waals surface area contributed by atoms with E-state index in [1.165, 1.54) is 35.6 Å². The molecule has 2 fully saturated rings. The Morgan fingerprint density at radius 3 is 2.56 bits per heavy atom. The Balaban J connectivity index is 1.25. The van der Waals surface area contributed by atoms with Gasteiger partial charge in [-0.2, -0.15) is 4.31 Å². The molecule has 0 unspecified atom stereocenters. The molecular weight excluding hydrogens is 457 g/mol. The third-order valence-corrected chi connectivity index (χ3v) is 8.09. The summed E-state index contributed by atoms with van der Waals surface area (Å²) < 4.78 is 40.4. The second kappa shape index (κ2) is 9.19. The largest absolute Gasteiger partial charge is 0.349 e. The molecular formula is C24H24FN5O3S. The molecule has 10 heteroatoms. The van der Waals surface area contributed by atoms with E-state index in [4.69, 9.17) is 0 Å². The zero-order valence-corrected chi connectivity index (χ0v) is 19.2. The summed E-state index contributed by atoms with van der Waals surface area (Å²) in [5, 5.41) is 2.80. The molecule has 8 nitrogen and oxygen atoms in total. The molecule has 3 aromatic rings. The van der Waals surface area contributed by atoms with Crippen LogP contribution in [0.4, 0.5) is 4.39 Å². The van der Waals surface area contributed by atoms with Crippen molar-refractivity contribution in [3.8, 4) is 11.3 Å². The molecule has 1 aliphatic carbocycles. The maximum atomic E-state index is 13.2. The van der Waals surface area contributed by atoms with Crippen molar-refractivity contribution < 1.29 is 17.6 Å². The van der Waals surface area contributed by atoms with Crippen molar-refractivity contribution in [2.75, 3.05) is 6.54 Å². The van der Waals surface area contributed by atoms with Gasteiger partial charge in [0.05, 0.1) is 22.8 Å². The highest BCUT2D eigenvalue weighted by Gasteiger charge is 2.39. The maximum Gasteiger partial charge on any atom is 0.243 e. The third kappa shape index (κ3) is 4.69. The van der Waals surface area contributed by atoms with E-state index in [2.05, 4.69) is 20.3 Å². The quantitative estimate of drug-likeness (QED) is 0.556. The molecule has 1 aliphatic heterocycles. The van der Waals surface area contributed by atoms with E-state index < -0.39 is 21.9 Å². The smallest absolute Gasteiger partial charge is 0.243 e. The fraction of sp³-hybridized carbons (Fsp3) is 0.333. The summed E-state index contributed by atoms with van der Waals surface area (Å²) in [6.07, 6.45) is 6.60. The summed E-state index contributed by atoms with van der Waals surface area (Å²) >= 11 is 0. The number of amides is 1. The normalized spacial score (nSPS) is 18.7. The van der Waals surface area contributed by atoms with Gasteiger partial charge in [0.15, 0.2) is 0 Å². The molecule has 0 radical (unpaired) electrons. The van der Waals surface area contributed by atoms with Crippen LogP contribution in [-0.4, -0.2) is 46.2 Å². The Labute approximate surface area is 197 Å². The number of rotatable bonds is 7. The molecule has 2 aliphatic rings. The van der Waals surface area contributed by atoms with Gasteiger partial charge in [-0.1, -0.05) is 0 Å². The number of nitrogens with zero attached hydrogens (tertiary/aromatic N) is 4. The maximum absolute atomic E-state index is 13.2. The topological polar surface area (TPSA) is 105 Å². The van der Waals surface area contributed by atoms with Gasteiger partial charge in [0.25, 0.3) is 0 Å². The van der Waals surface area contributed by atoms with Crippen LogP contribution in [0.3, 0.4) is 0 Å². The van der Waals surface area contributed by atoms with Crippen molar-refractivity contribution in [3.05, 3.63) is 72.2 Å². The summed E-state index contributed by atoms with van der Waals surface area (Å²) in [6.45, 7) is 0.377. The fourth-order valence-electron chi connectivity index (χ4n) is 4.16. The van der Waals surface area contributed by atoms with Crippen molar-refractivity contribution in [2.45, 2.75) is 49.1 Å². The summed E-state index contributed by atoms with van der Waals surface area (Å²) in [5.74, 6) is -0.334. The van der Waals surface area contributed by atoms with Gasteiger partial charge >= 0.3 is 0 Å². The minimum atomic E-state index is -3.91. The highest BCUT2D eigenvalue weighted by molar-refractivity contribution is 7.89. The van der Waals surface area contributed by atoms with Gasteiger partial charge in [0.1, 0.15) is 18.2 Å². The molecule has 0 bridgehead atoms. The minimum Gasteiger partial charge on any atom is -0.349 e. The predicted molar refractivity (Wildman–Crippen MR) is 122 cm³/mol. The van der Waals surface area contributed by atoms with Gasteiger partial charge in [-0.25, -0.2) is 22.8 Å². The number of benzene rings is 1. The monoisotopic (exact) mass is 481 g/mol. The second-order valence-electron chi connectivity index (χ2n) is 8.59. The van der Waals surface area contributed by atoms with E-state index in [1.54, 1.807) is 12.3 Å². The molecule has 1 atom stereocenters. The molecule has 1 saturated heterocycles. The van der Waals surface area contributed by atoms with Crippen LogP contribution in [0.2, 0.25) is 0 Å². The Morgan fingerprint density at radius 1 is 1.06 bits per heavy atom. The van der Waals surface area contributed by atoms with Gasteiger partial charge in [-0.05, 0) is 68.1 Å². The van der Waals surface area contributed by atoms with Gasteiger partial charge < -0.3 is 5.32 Å². The average Bonchev–Trinajstić information content (AvgIpc) is 3.58. The Kier molecular flexibility index (Phi) is 6.09. The summed E-state index contributed by atoms with van der Waals surface area (Å²) in [4.78, 5) is 25.9. The standard InChI is InChI=1S/C24H24FN5O3S/c25-18-6-8-20(9-7-18)34(32,33)30-11-1-2-23(30)24(31)27-14-19-12-22(29-15-28-19)17-5-10-21(26-13-17)16-3-4-16/h5-10,12-13,15-16,23H,1-4,11,14H2,(H,27,31)/t23-/m0/s1. The van der Waals surface area contributed by atoms with Crippen LogP contribution in [0.1, 0.15) is 43.0 Å². The number of aromatic nitrogens is 3. The zero-order valence-electron chi connectivity index (χ0n) is 18.4. The van der Waals surface area contributed by atoms with Gasteiger partial charge in [-0.15, -0.1) is 0 Å². The van der Waals surface area contributed by atoms with Crippen LogP contribution in [0.25, 0.3) is 11.3 Å². The number of hydrogen-bond acceptors (Lipinski definition) is 6. The molecule has 34 heavy (non-hydrogen) atoms. The van der Waals surface area contributed by atoms with Crippen LogP contribution < -0.4 is 5.32 Å². The second-order valence-corrected chi connectivity index (χ2v) is 10.5. The Hall–Kier alpha value is -3.24. The van der Waals surface area contributed by atoms with E-state index in [0.29, 0.717) is 30.1 Å². The number of pyridine rings is 1. The summed E-state index contributed by atoms with van der Waals surface area (Å²) in [7, 11) is -3.91. The molecule has 0 spiro atoms. The van der Waals surface area contributed by atoms with Crippen LogP contribution >= 0.6 is 0 Å². The van der Waals surface area contributed by atoms with Crippen molar-refractivity contribution in [1.82, 2.24) is 24.6 Å². The Morgan fingerprint density at radius 2 is 1.85 bits per heavy atom. The number of halogens is 1. The lowest BCUT2D eigenvalue weighted by molar-refractivity contribution is -0.124. The van der Waals surface area contributed by atoms with Crippen LogP contribution in [-0.2, 0) is 21.4 Å². The van der Waals surface area contributed by atoms with E-state index in [0.717, 1.165) is 23.4 Å². The minimum absolute atomic E-state index is 0.0321. The molecule has 3 heterocycles. The molecule has 1 N–H and O–H groups in total. The highest BCUT2D eigenvalue weighted by Crippen LogP contribution is 2.39. The van der Waals surface area contributed by atoms with Gasteiger partial charge in [-0.3, -0.25) is 9.78 Å². The lowest BCUT2D eigenvalue weighted by Gasteiger charge is -2.23. The highest BCUT2D eigenvalue weighted by atomic mass is 32.2. The van der Waals surface area contributed by atoms with Crippen LogP contribution in [0, 0.1) is 5.82 Å². The first-order valence-electron chi connectivity index (χ1n) is 11.2. The number of carbonyl (C=O) groups excluding carboxylic acids is 1.